The molecule has 5 rings (SSSR count). The monoisotopic (exact) mass is 945 g/mol. The Morgan fingerprint density at radius 2 is 1.59 bits per heavy atom. The number of cyclic esters (lactones) is 1. The Balaban J connectivity index is 1.43. The molecule has 372 valence electrons. The average molecular weight is 945 g/mol. The third-order valence-electron chi connectivity index (χ3n) is 12.4. The number of likely N-dealkylation sites (N-methyl/N-ethyl adjacent to an activating group) is 1. The Kier molecular flexibility index (Phi) is 19.1. The maximum absolute atomic E-state index is 14.8. The molecule has 2 aromatic carbocycles. The molecular formula is C53H72N2O13. The molecule has 15 nitrogen and oxygen atoms in total. The predicted octanol–water partition coefficient (Wildman–Crippen LogP) is 7.36. The van der Waals surface area contributed by atoms with Gasteiger partial charge in [-0.1, -0.05) is 102 Å². The van der Waals surface area contributed by atoms with Crippen LogP contribution in [0.5, 0.6) is 0 Å². The van der Waals surface area contributed by atoms with E-state index in [1.54, 1.807) is 65.0 Å². The standard InChI is InChI=1S/C53H72N2O13/c1-9-11-18-28-53(29-19-12-10-2)66-42-32-37(48(60)55(8)40(30-35-20-14-13-15-21-35)47(59)54-38(33-56)25-27-44(58)67-51(3,4)5)31-41(45(42)68-53)64-49(61)39-23-17-16-22-36(39)24-26-43(57)65-46-50(62)63-34-52(46,6)7/h13-17,20-24,26,32,38,40-42,45-46,56H,9-12,18-19,25,27-31,33-34H2,1-8H3,(H,54,59)/t38-,40+,41+,42+,45-,46-/m0/s1. The molecular weight excluding hydrogens is 873 g/mol. The maximum Gasteiger partial charge on any atom is 0.348 e. The highest BCUT2D eigenvalue weighted by molar-refractivity contribution is 5.98. The first-order chi connectivity index (χ1) is 32.3. The molecule has 0 aromatic heterocycles. The number of esters is 4. The lowest BCUT2D eigenvalue weighted by atomic mass is 9.90. The van der Waals surface area contributed by atoms with Crippen molar-refractivity contribution in [3.63, 3.8) is 0 Å². The van der Waals surface area contributed by atoms with Crippen LogP contribution < -0.4 is 5.32 Å². The number of aliphatic hydroxyl groups is 1. The van der Waals surface area contributed by atoms with Gasteiger partial charge < -0.3 is 43.7 Å². The number of hydrogen-bond acceptors (Lipinski definition) is 13. The van der Waals surface area contributed by atoms with Crippen molar-refractivity contribution in [2.75, 3.05) is 20.3 Å². The molecule has 2 heterocycles. The molecule has 3 aliphatic rings. The molecule has 68 heavy (non-hydrogen) atoms. The SMILES string of the molecule is CCCCCC1(CCCCC)O[C@@H]2[C@@H](C=C(C(=O)N(C)[C@H](Cc3ccccc3)C(=O)N[C@H](CO)CCC(=O)OC(C)(C)C)C[C@H]2OC(=O)c2ccccc2C=CC(=O)O[C@H]2C(=O)OCC2(C)C)O1. The highest BCUT2D eigenvalue weighted by Crippen LogP contribution is 2.43. The zero-order chi connectivity index (χ0) is 49.6. The minimum absolute atomic E-state index is 0.0406. The molecule has 2 saturated heterocycles. The van der Waals surface area contributed by atoms with E-state index >= 15 is 0 Å². The van der Waals surface area contributed by atoms with Gasteiger partial charge in [-0.3, -0.25) is 14.4 Å². The number of carbonyl (C=O) groups is 6. The molecule has 6 atom stereocenters. The van der Waals surface area contributed by atoms with Crippen LogP contribution in [-0.2, 0) is 58.8 Å². The van der Waals surface area contributed by atoms with Gasteiger partial charge in [0, 0.05) is 56.2 Å². The maximum atomic E-state index is 14.8. The largest absolute Gasteiger partial charge is 0.462 e. The molecule has 0 radical (unpaired) electrons. The minimum Gasteiger partial charge on any atom is -0.462 e. The van der Waals surface area contributed by atoms with Gasteiger partial charge in [-0.25, -0.2) is 14.4 Å². The van der Waals surface area contributed by atoms with E-state index in [1.165, 1.54) is 18.0 Å². The lowest BCUT2D eigenvalue weighted by molar-refractivity contribution is -0.190. The number of rotatable bonds is 23. The van der Waals surface area contributed by atoms with Crippen molar-refractivity contribution in [1.29, 1.82) is 0 Å². The van der Waals surface area contributed by atoms with Gasteiger partial charge in [0.05, 0.1) is 18.2 Å². The highest BCUT2D eigenvalue weighted by atomic mass is 16.8. The van der Waals surface area contributed by atoms with Crippen molar-refractivity contribution >= 4 is 41.8 Å². The molecule has 1 aliphatic carbocycles. The Bertz CT molecular complexity index is 2120. The van der Waals surface area contributed by atoms with Crippen LogP contribution in [0.25, 0.3) is 6.08 Å². The fourth-order valence-corrected chi connectivity index (χ4v) is 8.67. The second kappa shape index (κ2) is 24.3. The second-order valence-electron chi connectivity index (χ2n) is 19.8. The molecule has 15 heteroatoms. The van der Waals surface area contributed by atoms with Crippen molar-refractivity contribution in [1.82, 2.24) is 10.2 Å². The summed E-state index contributed by atoms with van der Waals surface area (Å²) in [4.78, 5) is 82.5. The van der Waals surface area contributed by atoms with Gasteiger partial charge in [0.15, 0.2) is 5.79 Å². The van der Waals surface area contributed by atoms with Gasteiger partial charge in [-0.2, -0.15) is 0 Å². The van der Waals surface area contributed by atoms with Gasteiger partial charge in [-0.05, 0) is 69.4 Å². The van der Waals surface area contributed by atoms with Crippen LogP contribution in [0.2, 0.25) is 0 Å². The number of carbonyl (C=O) groups excluding carboxylic acids is 6. The van der Waals surface area contributed by atoms with Crippen molar-refractivity contribution in [2.45, 2.75) is 173 Å². The Labute approximate surface area is 401 Å². The van der Waals surface area contributed by atoms with Crippen LogP contribution in [-0.4, -0.2) is 114 Å². The fraction of sp³-hybridized carbons (Fsp3) is 0.585. The summed E-state index contributed by atoms with van der Waals surface area (Å²) in [5, 5.41) is 13.1. The van der Waals surface area contributed by atoms with E-state index < -0.39 is 95.6 Å². The minimum atomic E-state index is -1.08. The van der Waals surface area contributed by atoms with Crippen LogP contribution in [0.15, 0.2) is 72.3 Å². The first-order valence-corrected chi connectivity index (χ1v) is 24.1. The molecule has 0 spiro atoms. The van der Waals surface area contributed by atoms with E-state index in [0.717, 1.165) is 50.2 Å². The van der Waals surface area contributed by atoms with Crippen LogP contribution in [0.1, 0.15) is 141 Å². The number of nitrogens with zero attached hydrogens (tertiary/aromatic N) is 1. The second-order valence-corrected chi connectivity index (χ2v) is 19.8. The summed E-state index contributed by atoms with van der Waals surface area (Å²) < 4.78 is 36.0. The molecule has 2 amide bonds. The molecule has 2 fully saturated rings. The van der Waals surface area contributed by atoms with Gasteiger partial charge in [-0.15, -0.1) is 0 Å². The Hall–Kier alpha value is -5.38. The summed E-state index contributed by atoms with van der Waals surface area (Å²) in [6.45, 7) is 12.7. The summed E-state index contributed by atoms with van der Waals surface area (Å²) in [5.41, 5.74) is 0.120. The number of amides is 2. The summed E-state index contributed by atoms with van der Waals surface area (Å²) in [6, 6.07) is 13.9. The van der Waals surface area contributed by atoms with Crippen LogP contribution >= 0.6 is 0 Å². The topological polar surface area (TPSA) is 193 Å². The first kappa shape index (κ1) is 53.6. The zero-order valence-electron chi connectivity index (χ0n) is 41.1. The van der Waals surface area contributed by atoms with Gasteiger partial charge in [0.25, 0.3) is 0 Å². The zero-order valence-corrected chi connectivity index (χ0v) is 41.1. The summed E-state index contributed by atoms with van der Waals surface area (Å²) in [5.74, 6) is -4.62. The van der Waals surface area contributed by atoms with Gasteiger partial charge in [0.2, 0.25) is 17.9 Å². The van der Waals surface area contributed by atoms with E-state index in [1.807, 2.05) is 30.3 Å². The quantitative estimate of drug-likeness (QED) is 0.0486. The van der Waals surface area contributed by atoms with Gasteiger partial charge >= 0.3 is 23.9 Å². The molecule has 2 N–H and O–H groups in total. The number of nitrogens with one attached hydrogen (secondary N) is 1. The molecule has 2 aromatic rings. The smallest absolute Gasteiger partial charge is 0.348 e. The number of unbranched alkanes of at least 4 members (excludes halogenated alkanes) is 4. The van der Waals surface area contributed by atoms with E-state index in [0.29, 0.717) is 18.4 Å². The van der Waals surface area contributed by atoms with Crippen LogP contribution in [0.4, 0.5) is 0 Å². The van der Waals surface area contributed by atoms with E-state index in [4.69, 9.17) is 28.4 Å². The summed E-state index contributed by atoms with van der Waals surface area (Å²) in [7, 11) is 1.54. The lowest BCUT2D eigenvalue weighted by Gasteiger charge is -2.34. The number of fused-ring (bicyclic) bond motifs is 1. The van der Waals surface area contributed by atoms with Crippen molar-refractivity contribution < 1.29 is 62.3 Å². The third-order valence-corrected chi connectivity index (χ3v) is 12.4. The van der Waals surface area contributed by atoms with Gasteiger partial charge in [0.1, 0.15) is 36.6 Å². The van der Waals surface area contributed by atoms with Crippen LogP contribution in [0, 0.1) is 5.41 Å². The highest BCUT2D eigenvalue weighted by Gasteiger charge is 2.53. The van der Waals surface area contributed by atoms with Crippen molar-refractivity contribution in [2.24, 2.45) is 5.41 Å². The van der Waals surface area contributed by atoms with E-state index in [9.17, 15) is 33.9 Å². The lowest BCUT2D eigenvalue weighted by Crippen LogP contribution is -2.53. The van der Waals surface area contributed by atoms with E-state index in [-0.39, 0.29) is 43.4 Å². The average Bonchev–Trinajstić information content (AvgIpc) is 3.80. The Morgan fingerprint density at radius 3 is 2.21 bits per heavy atom. The van der Waals surface area contributed by atoms with E-state index in [2.05, 4.69) is 19.2 Å². The third kappa shape index (κ3) is 14.8. The number of aliphatic hydroxyl groups excluding tert-OH is 1. The normalized spacial score (nSPS) is 21.5. The molecule has 0 bridgehead atoms. The number of hydrogen-bond donors (Lipinski definition) is 2. The number of ether oxygens (including phenoxy) is 6. The number of benzene rings is 2. The fourth-order valence-electron chi connectivity index (χ4n) is 8.67. The van der Waals surface area contributed by atoms with Crippen molar-refractivity contribution in [3.8, 4) is 0 Å². The predicted molar refractivity (Wildman–Crippen MR) is 254 cm³/mol. The summed E-state index contributed by atoms with van der Waals surface area (Å²) >= 11 is 0. The van der Waals surface area contributed by atoms with Crippen LogP contribution in [0.3, 0.4) is 0 Å². The Morgan fingerprint density at radius 1 is 0.926 bits per heavy atom. The summed E-state index contributed by atoms with van der Waals surface area (Å²) in [6.07, 6.45) is 7.59. The molecule has 0 unspecified atom stereocenters. The first-order valence-electron chi connectivity index (χ1n) is 24.1. The molecule has 0 saturated carbocycles. The molecule has 2 aliphatic heterocycles. The van der Waals surface area contributed by atoms with Crippen molar-refractivity contribution in [3.05, 3.63) is 89.0 Å².